The average Bonchev–Trinajstić information content (AvgIpc) is 0.773. The first kappa shape index (κ1) is 80.4. The van der Waals surface area contributed by atoms with Crippen LogP contribution in [-0.2, 0) is 53.1 Å². The molecule has 6 aliphatic rings. The Hall–Kier alpha value is -5.58. The summed E-state index contributed by atoms with van der Waals surface area (Å²) in [7, 11) is 0. The Morgan fingerprint density at radius 1 is 0.371 bits per heavy atom. The van der Waals surface area contributed by atoms with E-state index in [-0.39, 0.29) is 102 Å². The number of amides is 3. The maximum Gasteiger partial charge on any atom is 0.256 e. The minimum atomic E-state index is -0.177. The second-order valence-corrected chi connectivity index (χ2v) is 27.4. The zero-order valence-corrected chi connectivity index (χ0v) is 58.7. The van der Waals surface area contributed by atoms with Gasteiger partial charge in [-0.1, -0.05) is 99.3 Å². The largest absolute Gasteiger partial charge is 0.379 e. The number of aromatic amines is 3. The number of carbonyl (C=O) groups excluding carboxylic acids is 3. The Labute approximate surface area is 602 Å². The number of pyridine rings is 3. The molecule has 97 heavy (non-hydrogen) atoms. The zero-order valence-electron chi connectivity index (χ0n) is 54.2. The lowest BCUT2D eigenvalue weighted by atomic mass is 9.93. The maximum absolute atomic E-state index is 13.5. The van der Waals surface area contributed by atoms with Crippen LogP contribution in [0, 0.1) is 41.5 Å². The van der Waals surface area contributed by atoms with Crippen molar-refractivity contribution >= 4 is 87.3 Å². The van der Waals surface area contributed by atoms with Gasteiger partial charge in [0.15, 0.2) is 0 Å². The summed E-state index contributed by atoms with van der Waals surface area (Å²) in [6.07, 6.45) is 1.82. The van der Waals surface area contributed by atoms with Crippen molar-refractivity contribution in [3.8, 4) is 0 Å². The van der Waals surface area contributed by atoms with E-state index in [1.165, 1.54) is 0 Å². The van der Waals surface area contributed by atoms with E-state index >= 15 is 0 Å². The lowest BCUT2D eigenvalue weighted by Crippen LogP contribution is -2.40. The van der Waals surface area contributed by atoms with E-state index in [9.17, 15) is 28.8 Å². The molecule has 9 heterocycles. The van der Waals surface area contributed by atoms with Crippen molar-refractivity contribution in [1.82, 2.24) is 44.4 Å². The van der Waals surface area contributed by atoms with E-state index in [0.29, 0.717) is 142 Å². The molecule has 530 valence electrons. The topological polar surface area (TPSA) is 197 Å². The number of nitrogens with one attached hydrogen (secondary N) is 3. The SMILES string of the molecule is C.C.C.C.Cc1cc(C)c(CN2CCc3c(Cl)cc(C(C)N4CCOCC4)c(Cl)c3C2=O)c(=O)[nH]1.Cc1cc(C)c(CN2CCc3c(Cl)cc(C(C)N4CCOCC4)c(Cl)c3C2=O)c(=O)[nH]1.Cc1cc(C)c(CN2CCc3c(Cl)cc(C(C)N4CCOCC4)c(Cl)c3C2=O)c(=O)[nH]1. The molecule has 3 atom stereocenters. The summed E-state index contributed by atoms with van der Waals surface area (Å²) >= 11 is 40.3. The summed E-state index contributed by atoms with van der Waals surface area (Å²) in [5.74, 6) is -0.532. The van der Waals surface area contributed by atoms with Crippen molar-refractivity contribution in [2.75, 3.05) is 98.5 Å². The number of rotatable bonds is 12. The van der Waals surface area contributed by atoms with Gasteiger partial charge in [0, 0.05) is 126 Å². The highest BCUT2D eigenvalue weighted by Crippen LogP contribution is 2.43. The minimum absolute atomic E-state index is 0. The molecule has 6 aliphatic heterocycles. The molecule has 3 fully saturated rings. The summed E-state index contributed by atoms with van der Waals surface area (Å²) in [5.41, 5.74) is 12.7. The lowest BCUT2D eigenvalue weighted by Gasteiger charge is -2.35. The molecule has 0 spiro atoms. The summed E-state index contributed by atoms with van der Waals surface area (Å²) in [5, 5.41) is 3.11. The van der Waals surface area contributed by atoms with E-state index in [0.717, 1.165) is 106 Å². The number of hydrogen-bond donors (Lipinski definition) is 3. The molecule has 18 nitrogen and oxygen atoms in total. The van der Waals surface area contributed by atoms with E-state index in [4.69, 9.17) is 83.8 Å². The Kier molecular flexibility index (Phi) is 28.7. The number of ether oxygens (including phenoxy) is 3. The zero-order chi connectivity index (χ0) is 66.9. The fourth-order valence-corrected chi connectivity index (χ4v) is 15.8. The maximum atomic E-state index is 13.5. The van der Waals surface area contributed by atoms with Gasteiger partial charge in [-0.15, -0.1) is 0 Å². The molecule has 0 saturated carbocycles. The average molecular weight is 1460 g/mol. The minimum Gasteiger partial charge on any atom is -0.379 e. The molecular weight excluding hydrogens is 1360 g/mol. The third-order valence-corrected chi connectivity index (χ3v) is 21.3. The van der Waals surface area contributed by atoms with Crippen molar-refractivity contribution in [3.63, 3.8) is 0 Å². The Bertz CT molecular complexity index is 3640. The van der Waals surface area contributed by atoms with Crippen LogP contribution >= 0.6 is 69.6 Å². The van der Waals surface area contributed by atoms with Crippen molar-refractivity contribution in [3.05, 3.63) is 198 Å². The van der Waals surface area contributed by atoms with Gasteiger partial charge in [0.05, 0.1) is 91.0 Å². The highest BCUT2D eigenvalue weighted by molar-refractivity contribution is 6.39. The van der Waals surface area contributed by atoms with Gasteiger partial charge in [-0.25, -0.2) is 0 Å². The highest BCUT2D eigenvalue weighted by atomic mass is 35.5. The predicted molar refractivity (Wildman–Crippen MR) is 394 cm³/mol. The molecule has 3 N–H and O–H groups in total. The van der Waals surface area contributed by atoms with Gasteiger partial charge in [0.25, 0.3) is 34.4 Å². The third-order valence-electron chi connectivity index (χ3n) is 19.1. The lowest BCUT2D eigenvalue weighted by molar-refractivity contribution is 0.0198. The van der Waals surface area contributed by atoms with Crippen molar-refractivity contribution < 1.29 is 28.6 Å². The van der Waals surface area contributed by atoms with Crippen LogP contribution in [0.5, 0.6) is 0 Å². The van der Waals surface area contributed by atoms with Gasteiger partial charge in [0.1, 0.15) is 0 Å². The highest BCUT2D eigenvalue weighted by Gasteiger charge is 2.37. The number of aryl methyl sites for hydroxylation is 6. The van der Waals surface area contributed by atoms with Gasteiger partial charge in [-0.05, 0) is 168 Å². The number of nitrogens with zero attached hydrogens (tertiary/aromatic N) is 6. The molecular formula is C73H97Cl6N9O9. The van der Waals surface area contributed by atoms with Crippen molar-refractivity contribution in [1.29, 1.82) is 0 Å². The number of H-pyrrole nitrogens is 3. The second-order valence-electron chi connectivity index (χ2n) is 25.1. The predicted octanol–water partition coefficient (Wildman–Crippen LogP) is 14.2. The molecule has 3 saturated heterocycles. The van der Waals surface area contributed by atoms with E-state index in [1.807, 2.05) is 77.9 Å². The van der Waals surface area contributed by atoms with Gasteiger partial charge < -0.3 is 43.9 Å². The number of morpholine rings is 3. The third kappa shape index (κ3) is 17.4. The number of benzene rings is 3. The normalized spacial score (nSPS) is 17.5. The van der Waals surface area contributed by atoms with Crippen LogP contribution in [0.2, 0.25) is 30.1 Å². The van der Waals surface area contributed by atoms with Crippen LogP contribution in [0.1, 0.15) is 184 Å². The summed E-state index contributed by atoms with van der Waals surface area (Å²) < 4.78 is 16.4. The summed E-state index contributed by atoms with van der Waals surface area (Å²) in [4.78, 5) is 98.2. The fraction of sp³-hybridized carbons (Fsp3) is 0.507. The molecule has 0 bridgehead atoms. The molecule has 3 aromatic heterocycles. The van der Waals surface area contributed by atoms with E-state index in [2.05, 4.69) is 50.4 Å². The molecule has 12 rings (SSSR count). The first-order valence-electron chi connectivity index (χ1n) is 31.8. The van der Waals surface area contributed by atoms with Crippen LogP contribution in [-0.4, -0.2) is 161 Å². The van der Waals surface area contributed by atoms with Gasteiger partial charge in [-0.3, -0.25) is 43.5 Å². The number of carbonyl (C=O) groups is 3. The molecule has 3 unspecified atom stereocenters. The van der Waals surface area contributed by atoms with Gasteiger partial charge >= 0.3 is 0 Å². The van der Waals surface area contributed by atoms with Crippen molar-refractivity contribution in [2.45, 2.75) is 149 Å². The summed E-state index contributed by atoms with van der Waals surface area (Å²) in [6, 6.07) is 11.5. The molecule has 3 aromatic carbocycles. The molecule has 3 amide bonds. The van der Waals surface area contributed by atoms with Gasteiger partial charge in [0.2, 0.25) is 0 Å². The van der Waals surface area contributed by atoms with Crippen molar-refractivity contribution in [2.24, 2.45) is 0 Å². The fourth-order valence-electron chi connectivity index (χ4n) is 13.6. The summed E-state index contributed by atoms with van der Waals surface area (Å²) in [6.45, 7) is 28.6. The smallest absolute Gasteiger partial charge is 0.256 e. The Balaban J connectivity index is 0.000000225. The van der Waals surface area contributed by atoms with Crippen LogP contribution in [0.25, 0.3) is 0 Å². The molecule has 0 aliphatic carbocycles. The van der Waals surface area contributed by atoms with E-state index in [1.54, 1.807) is 14.7 Å². The molecule has 6 aromatic rings. The molecule has 24 heteroatoms. The van der Waals surface area contributed by atoms with E-state index < -0.39 is 0 Å². The Morgan fingerprint density at radius 2 is 0.598 bits per heavy atom. The first-order valence-corrected chi connectivity index (χ1v) is 34.0. The number of hydrogen-bond acceptors (Lipinski definition) is 12. The van der Waals surface area contributed by atoms with Crippen LogP contribution in [0.15, 0.2) is 50.8 Å². The van der Waals surface area contributed by atoms with Crippen LogP contribution in [0.3, 0.4) is 0 Å². The van der Waals surface area contributed by atoms with Crippen LogP contribution < -0.4 is 16.7 Å². The number of halogens is 6. The molecule has 0 radical (unpaired) electrons. The van der Waals surface area contributed by atoms with Gasteiger partial charge in [-0.2, -0.15) is 0 Å². The Morgan fingerprint density at radius 3 is 0.814 bits per heavy atom. The number of fused-ring (bicyclic) bond motifs is 3. The first-order chi connectivity index (χ1) is 44.3. The standard InChI is InChI=1S/3C23H27Cl2N3O3.4CH4/c3*1-13-10-14(2)26-22(29)18(13)12-28-5-4-16-19(24)11-17(21(25)20(16)23(28)30)15(3)27-6-8-31-9-7-27;;;;/h3*10-11,15H,4-9,12H2,1-3H3,(H,26,29);4*1H4. The van der Waals surface area contributed by atoms with Crippen LogP contribution in [0.4, 0.5) is 0 Å². The quantitative estimate of drug-likeness (QED) is 0.105. The second kappa shape index (κ2) is 34.7. The number of aromatic nitrogens is 3. The monoisotopic (exact) mass is 1450 g/mol.